The van der Waals surface area contributed by atoms with Crippen LogP contribution in [-0.2, 0) is 5.75 Å². The van der Waals surface area contributed by atoms with E-state index in [1.807, 2.05) is 12.1 Å². The molecular weight excluding hydrogens is 377 g/mol. The number of thioether (sulfide) groups is 1. The van der Waals surface area contributed by atoms with Gasteiger partial charge in [-0.2, -0.15) is 4.98 Å². The van der Waals surface area contributed by atoms with E-state index in [9.17, 15) is 4.39 Å². The van der Waals surface area contributed by atoms with E-state index in [1.165, 1.54) is 23.9 Å². The van der Waals surface area contributed by atoms with Crippen molar-refractivity contribution in [1.29, 1.82) is 0 Å². The van der Waals surface area contributed by atoms with Gasteiger partial charge in [0.2, 0.25) is 11.7 Å². The Balaban J connectivity index is 1.42. The van der Waals surface area contributed by atoms with Crippen molar-refractivity contribution in [3.63, 3.8) is 0 Å². The fourth-order valence-electron chi connectivity index (χ4n) is 2.23. The minimum Gasteiger partial charge on any atom is -0.431 e. The van der Waals surface area contributed by atoms with Crippen molar-refractivity contribution in [2.24, 2.45) is 0 Å². The van der Waals surface area contributed by atoms with Gasteiger partial charge >= 0.3 is 0 Å². The van der Waals surface area contributed by atoms with Crippen molar-refractivity contribution in [3.8, 4) is 22.7 Å². The zero-order chi connectivity index (χ0) is 17.9. The maximum atomic E-state index is 13.0. The number of oxazole rings is 1. The third-order valence-electron chi connectivity index (χ3n) is 3.50. The number of benzene rings is 2. The summed E-state index contributed by atoms with van der Waals surface area (Å²) in [6, 6.07) is 13.2. The van der Waals surface area contributed by atoms with Crippen LogP contribution in [-0.4, -0.2) is 15.1 Å². The van der Waals surface area contributed by atoms with Gasteiger partial charge in [-0.15, -0.1) is 0 Å². The van der Waals surface area contributed by atoms with Gasteiger partial charge in [-0.25, -0.2) is 9.37 Å². The van der Waals surface area contributed by atoms with E-state index < -0.39 is 0 Å². The maximum absolute atomic E-state index is 13.0. The van der Waals surface area contributed by atoms with Gasteiger partial charge in [-0.3, -0.25) is 0 Å². The van der Waals surface area contributed by atoms with Gasteiger partial charge in [0.15, 0.2) is 5.76 Å². The zero-order valence-corrected chi connectivity index (χ0v) is 14.8. The number of rotatable bonds is 5. The second-order valence-corrected chi connectivity index (χ2v) is 6.67. The Bertz CT molecular complexity index is 932. The summed E-state index contributed by atoms with van der Waals surface area (Å²) in [6.45, 7) is 0. The molecule has 0 aliphatic carbocycles. The molecule has 4 rings (SSSR count). The summed E-state index contributed by atoms with van der Waals surface area (Å²) in [5.74, 6) is 1.65. The summed E-state index contributed by atoms with van der Waals surface area (Å²) >= 11 is 7.21. The molecule has 2 heterocycles. The third-order valence-corrected chi connectivity index (χ3v) is 4.58. The molecule has 2 aromatic carbocycles. The van der Waals surface area contributed by atoms with E-state index >= 15 is 0 Å². The molecule has 0 bridgehead atoms. The first kappa shape index (κ1) is 16.8. The highest BCUT2D eigenvalue weighted by Crippen LogP contribution is 2.28. The summed E-state index contributed by atoms with van der Waals surface area (Å²) in [4.78, 5) is 8.55. The van der Waals surface area contributed by atoms with Crippen LogP contribution in [0.1, 0.15) is 5.89 Å². The lowest BCUT2D eigenvalue weighted by molar-refractivity contribution is 0.391. The Kier molecular flexibility index (Phi) is 4.73. The standard InChI is InChI=1S/C18H11ClFN3O2S/c19-13-5-1-12(2-6-13)17-22-16(25-23-17)10-26-18-21-9-15(24-18)11-3-7-14(20)8-4-11/h1-9H,10H2. The van der Waals surface area contributed by atoms with E-state index in [4.69, 9.17) is 20.5 Å². The van der Waals surface area contributed by atoms with E-state index in [1.54, 1.807) is 30.5 Å². The quantitative estimate of drug-likeness (QED) is 0.423. The Morgan fingerprint density at radius 2 is 1.73 bits per heavy atom. The van der Waals surface area contributed by atoms with Gasteiger partial charge in [0.1, 0.15) is 5.82 Å². The van der Waals surface area contributed by atoms with Crippen molar-refractivity contribution in [1.82, 2.24) is 15.1 Å². The van der Waals surface area contributed by atoms with Gasteiger partial charge in [0.25, 0.3) is 5.22 Å². The lowest BCUT2D eigenvalue weighted by Crippen LogP contribution is -1.82. The average Bonchev–Trinajstić information content (AvgIpc) is 3.31. The molecule has 8 heteroatoms. The smallest absolute Gasteiger partial charge is 0.256 e. The second kappa shape index (κ2) is 7.31. The summed E-state index contributed by atoms with van der Waals surface area (Å²) in [5.41, 5.74) is 1.58. The molecule has 0 aliphatic heterocycles. The number of hydrogen-bond donors (Lipinski definition) is 0. The summed E-state index contributed by atoms with van der Waals surface area (Å²) < 4.78 is 23.9. The van der Waals surface area contributed by atoms with Gasteiger partial charge in [-0.05, 0) is 48.5 Å². The van der Waals surface area contributed by atoms with E-state index in [2.05, 4.69) is 15.1 Å². The molecule has 5 nitrogen and oxygen atoms in total. The Morgan fingerprint density at radius 3 is 2.50 bits per heavy atom. The van der Waals surface area contributed by atoms with Crippen LogP contribution >= 0.6 is 23.4 Å². The number of nitrogens with zero attached hydrogens (tertiary/aromatic N) is 3. The zero-order valence-electron chi connectivity index (χ0n) is 13.2. The molecule has 0 unspecified atom stereocenters. The predicted octanol–water partition coefficient (Wildman–Crippen LogP) is 5.48. The highest BCUT2D eigenvalue weighted by atomic mass is 35.5. The largest absolute Gasteiger partial charge is 0.431 e. The number of halogens is 2. The van der Waals surface area contributed by atoms with Crippen molar-refractivity contribution in [2.75, 3.05) is 0 Å². The monoisotopic (exact) mass is 387 g/mol. The van der Waals surface area contributed by atoms with Crippen molar-refractivity contribution in [3.05, 3.63) is 71.5 Å². The predicted molar refractivity (Wildman–Crippen MR) is 96.2 cm³/mol. The Hall–Kier alpha value is -2.64. The minimum absolute atomic E-state index is 0.296. The van der Waals surface area contributed by atoms with Gasteiger partial charge in [0.05, 0.1) is 11.9 Å². The molecule has 0 saturated heterocycles. The second-order valence-electron chi connectivity index (χ2n) is 5.30. The van der Waals surface area contributed by atoms with Crippen LogP contribution in [0.4, 0.5) is 4.39 Å². The fourth-order valence-corrected chi connectivity index (χ4v) is 2.99. The summed E-state index contributed by atoms with van der Waals surface area (Å²) in [6.07, 6.45) is 1.60. The fraction of sp³-hybridized carbons (Fsp3) is 0.0556. The normalized spacial score (nSPS) is 11.0. The molecular formula is C18H11ClFN3O2S. The Labute approximate surface area is 157 Å². The van der Waals surface area contributed by atoms with Crippen molar-refractivity contribution in [2.45, 2.75) is 11.0 Å². The molecule has 0 N–H and O–H groups in total. The molecule has 130 valence electrons. The van der Waals surface area contributed by atoms with Crippen molar-refractivity contribution < 1.29 is 13.3 Å². The molecule has 0 spiro atoms. The first-order valence-electron chi connectivity index (χ1n) is 7.60. The topological polar surface area (TPSA) is 65.0 Å². The number of aromatic nitrogens is 3. The van der Waals surface area contributed by atoms with E-state index in [0.29, 0.717) is 33.5 Å². The molecule has 0 fully saturated rings. The molecule has 4 aromatic rings. The van der Waals surface area contributed by atoms with Crippen LogP contribution in [0.25, 0.3) is 22.7 Å². The van der Waals surface area contributed by atoms with Gasteiger partial charge < -0.3 is 8.94 Å². The van der Waals surface area contributed by atoms with E-state index in [-0.39, 0.29) is 5.82 Å². The average molecular weight is 388 g/mol. The first-order chi connectivity index (χ1) is 12.7. The third kappa shape index (κ3) is 3.79. The SMILES string of the molecule is Fc1ccc(-c2cnc(SCc3nc(-c4ccc(Cl)cc4)no3)o2)cc1. The number of hydrogen-bond acceptors (Lipinski definition) is 6. The highest BCUT2D eigenvalue weighted by Gasteiger charge is 2.12. The minimum atomic E-state index is -0.296. The molecule has 0 radical (unpaired) electrons. The molecule has 2 aromatic heterocycles. The molecule has 0 saturated carbocycles. The summed E-state index contributed by atoms with van der Waals surface area (Å²) in [5, 5.41) is 5.08. The molecule has 0 aliphatic rings. The summed E-state index contributed by atoms with van der Waals surface area (Å²) in [7, 11) is 0. The highest BCUT2D eigenvalue weighted by molar-refractivity contribution is 7.98. The lowest BCUT2D eigenvalue weighted by atomic mass is 10.2. The van der Waals surface area contributed by atoms with Crippen LogP contribution in [0, 0.1) is 5.82 Å². The molecule has 0 atom stereocenters. The van der Waals surface area contributed by atoms with Gasteiger partial charge in [0, 0.05) is 16.1 Å². The van der Waals surface area contributed by atoms with Crippen LogP contribution in [0.15, 0.2) is 68.9 Å². The lowest BCUT2D eigenvalue weighted by Gasteiger charge is -1.95. The van der Waals surface area contributed by atoms with E-state index in [0.717, 1.165) is 11.1 Å². The molecule has 0 amide bonds. The van der Waals surface area contributed by atoms with Crippen LogP contribution in [0.2, 0.25) is 5.02 Å². The van der Waals surface area contributed by atoms with Crippen molar-refractivity contribution >= 4 is 23.4 Å². The van der Waals surface area contributed by atoms with Crippen LogP contribution in [0.3, 0.4) is 0 Å². The molecule has 26 heavy (non-hydrogen) atoms. The van der Waals surface area contributed by atoms with Gasteiger partial charge in [-0.1, -0.05) is 28.5 Å². The van der Waals surface area contributed by atoms with Crippen LogP contribution < -0.4 is 0 Å². The maximum Gasteiger partial charge on any atom is 0.256 e. The Morgan fingerprint density at radius 1 is 1.00 bits per heavy atom. The van der Waals surface area contributed by atoms with Crippen LogP contribution in [0.5, 0.6) is 0 Å². The first-order valence-corrected chi connectivity index (χ1v) is 8.97.